The van der Waals surface area contributed by atoms with Gasteiger partial charge < -0.3 is 14.2 Å². The van der Waals surface area contributed by atoms with Gasteiger partial charge in [0.2, 0.25) is 0 Å². The summed E-state index contributed by atoms with van der Waals surface area (Å²) in [6.07, 6.45) is 3.59. The van der Waals surface area contributed by atoms with Crippen LogP contribution in [0.25, 0.3) is 0 Å². The van der Waals surface area contributed by atoms with Crippen molar-refractivity contribution in [3.05, 3.63) is 53.4 Å². The predicted molar refractivity (Wildman–Crippen MR) is 76.8 cm³/mol. The Kier molecular flexibility index (Phi) is 3.76. The summed E-state index contributed by atoms with van der Waals surface area (Å²) in [5.41, 5.74) is 2.51. The molecule has 0 radical (unpaired) electrons. The van der Waals surface area contributed by atoms with E-state index in [1.165, 1.54) is 11.3 Å². The van der Waals surface area contributed by atoms with Crippen LogP contribution in [0.15, 0.2) is 47.3 Å². The molecule has 0 spiro atoms. The van der Waals surface area contributed by atoms with Crippen LogP contribution >= 0.6 is 11.6 Å². The number of anilines is 1. The highest BCUT2D eigenvalue weighted by molar-refractivity contribution is 6.30. The molecule has 3 nitrogen and oxygen atoms in total. The lowest BCUT2D eigenvalue weighted by Crippen LogP contribution is -3.13. The van der Waals surface area contributed by atoms with Crippen molar-refractivity contribution in [1.82, 2.24) is 0 Å². The fourth-order valence-corrected chi connectivity index (χ4v) is 2.80. The Labute approximate surface area is 118 Å². The zero-order valence-corrected chi connectivity index (χ0v) is 11.6. The minimum absolute atomic E-state index is 0.811. The molecule has 1 aromatic heterocycles. The van der Waals surface area contributed by atoms with Gasteiger partial charge in [-0.25, -0.2) is 0 Å². The second-order valence-electron chi connectivity index (χ2n) is 5.03. The molecule has 3 rings (SSSR count). The molecule has 1 aromatic carbocycles. The summed E-state index contributed by atoms with van der Waals surface area (Å²) in [7, 11) is 0. The molecule has 0 bridgehead atoms. The first-order chi connectivity index (χ1) is 9.31. The molecule has 1 aliphatic rings. The van der Waals surface area contributed by atoms with E-state index in [1.807, 2.05) is 24.5 Å². The molecule has 0 aliphatic carbocycles. The zero-order valence-electron chi connectivity index (χ0n) is 10.8. The van der Waals surface area contributed by atoms with Crippen molar-refractivity contribution in [2.24, 2.45) is 0 Å². The highest BCUT2D eigenvalue weighted by Gasteiger charge is 2.20. The van der Waals surface area contributed by atoms with Gasteiger partial charge in [-0.1, -0.05) is 17.7 Å². The van der Waals surface area contributed by atoms with Crippen molar-refractivity contribution in [1.29, 1.82) is 0 Å². The minimum Gasteiger partial charge on any atom is -0.472 e. The smallest absolute Gasteiger partial charge is 0.106 e. The minimum atomic E-state index is 0.811. The van der Waals surface area contributed by atoms with Gasteiger partial charge in [0.15, 0.2) is 0 Å². The second kappa shape index (κ2) is 5.68. The van der Waals surface area contributed by atoms with E-state index in [0.29, 0.717) is 0 Å². The molecular weight excluding hydrogens is 260 g/mol. The van der Waals surface area contributed by atoms with E-state index in [0.717, 1.165) is 37.7 Å². The van der Waals surface area contributed by atoms with Crippen molar-refractivity contribution in [2.45, 2.75) is 6.54 Å². The topological polar surface area (TPSA) is 20.8 Å². The number of benzene rings is 1. The Morgan fingerprint density at radius 3 is 2.74 bits per heavy atom. The van der Waals surface area contributed by atoms with Gasteiger partial charge in [0.1, 0.15) is 6.54 Å². The lowest BCUT2D eigenvalue weighted by Gasteiger charge is -2.33. The standard InChI is InChI=1S/C15H17ClN2O/c16-14-2-1-3-15(10-14)18-7-5-17(6-8-18)11-13-4-9-19-12-13/h1-4,9-10,12H,5-8,11H2/p+1. The van der Waals surface area contributed by atoms with Gasteiger partial charge >= 0.3 is 0 Å². The summed E-state index contributed by atoms with van der Waals surface area (Å²) in [6, 6.07) is 10.2. The van der Waals surface area contributed by atoms with Gasteiger partial charge in [0, 0.05) is 16.3 Å². The summed E-state index contributed by atoms with van der Waals surface area (Å²) in [5.74, 6) is 0. The summed E-state index contributed by atoms with van der Waals surface area (Å²) in [5, 5.41) is 0.811. The SMILES string of the molecule is Clc1cccc(N2CC[NH+](Cc3ccoc3)CC2)c1. The number of nitrogens with one attached hydrogen (secondary N) is 1. The highest BCUT2D eigenvalue weighted by Crippen LogP contribution is 2.19. The van der Waals surface area contributed by atoms with Gasteiger partial charge in [0.25, 0.3) is 0 Å². The molecule has 2 aromatic rings. The van der Waals surface area contributed by atoms with Crippen LogP contribution in [0.2, 0.25) is 5.02 Å². The second-order valence-corrected chi connectivity index (χ2v) is 5.46. The third-order valence-corrected chi connectivity index (χ3v) is 3.91. The van der Waals surface area contributed by atoms with Crippen LogP contribution in [0, 0.1) is 0 Å². The van der Waals surface area contributed by atoms with Crippen molar-refractivity contribution >= 4 is 17.3 Å². The molecule has 100 valence electrons. The first kappa shape index (κ1) is 12.6. The van der Waals surface area contributed by atoms with E-state index >= 15 is 0 Å². The molecule has 0 atom stereocenters. The van der Waals surface area contributed by atoms with Crippen LogP contribution in [0.4, 0.5) is 5.69 Å². The van der Waals surface area contributed by atoms with Crippen LogP contribution in [-0.2, 0) is 6.54 Å². The van der Waals surface area contributed by atoms with Crippen molar-refractivity contribution in [2.75, 3.05) is 31.1 Å². The third-order valence-electron chi connectivity index (χ3n) is 3.68. The van der Waals surface area contributed by atoms with Crippen molar-refractivity contribution in [3.8, 4) is 0 Å². The van der Waals surface area contributed by atoms with Crippen molar-refractivity contribution in [3.63, 3.8) is 0 Å². The zero-order chi connectivity index (χ0) is 13.1. The van der Waals surface area contributed by atoms with Crippen LogP contribution in [-0.4, -0.2) is 26.2 Å². The highest BCUT2D eigenvalue weighted by atomic mass is 35.5. The average Bonchev–Trinajstić information content (AvgIpc) is 2.92. The number of piperazine rings is 1. The number of furan rings is 1. The summed E-state index contributed by atoms with van der Waals surface area (Å²) >= 11 is 6.05. The largest absolute Gasteiger partial charge is 0.472 e. The average molecular weight is 278 g/mol. The molecule has 19 heavy (non-hydrogen) atoms. The Morgan fingerprint density at radius 1 is 1.21 bits per heavy atom. The van der Waals surface area contributed by atoms with Crippen LogP contribution in [0.3, 0.4) is 0 Å². The van der Waals surface area contributed by atoms with E-state index in [1.54, 1.807) is 11.2 Å². The van der Waals surface area contributed by atoms with Gasteiger partial charge in [0.05, 0.1) is 38.7 Å². The van der Waals surface area contributed by atoms with E-state index in [9.17, 15) is 0 Å². The first-order valence-corrected chi connectivity index (χ1v) is 7.04. The molecule has 1 saturated heterocycles. The Balaban J connectivity index is 1.57. The van der Waals surface area contributed by atoms with E-state index < -0.39 is 0 Å². The quantitative estimate of drug-likeness (QED) is 0.924. The van der Waals surface area contributed by atoms with E-state index in [-0.39, 0.29) is 0 Å². The van der Waals surface area contributed by atoms with E-state index in [2.05, 4.69) is 17.0 Å². The van der Waals surface area contributed by atoms with Gasteiger partial charge in [-0.15, -0.1) is 0 Å². The normalized spacial score (nSPS) is 16.8. The number of quaternary nitrogens is 1. The first-order valence-electron chi connectivity index (χ1n) is 6.66. The molecule has 1 N–H and O–H groups in total. The molecule has 1 aliphatic heterocycles. The number of rotatable bonds is 3. The molecule has 0 amide bonds. The lowest BCUT2D eigenvalue weighted by molar-refractivity contribution is -0.914. The maximum atomic E-state index is 6.05. The maximum absolute atomic E-state index is 6.05. The van der Waals surface area contributed by atoms with Gasteiger partial charge in [-0.05, 0) is 24.3 Å². The maximum Gasteiger partial charge on any atom is 0.106 e. The summed E-state index contributed by atoms with van der Waals surface area (Å²) < 4.78 is 5.12. The van der Waals surface area contributed by atoms with Gasteiger partial charge in [-0.2, -0.15) is 0 Å². The van der Waals surface area contributed by atoms with Crippen LogP contribution in [0.1, 0.15) is 5.56 Å². The van der Waals surface area contributed by atoms with Gasteiger partial charge in [-0.3, -0.25) is 0 Å². The molecule has 0 saturated carbocycles. The van der Waals surface area contributed by atoms with Crippen LogP contribution < -0.4 is 9.80 Å². The molecule has 2 heterocycles. The number of hydrogen-bond acceptors (Lipinski definition) is 2. The molecule has 0 unspecified atom stereocenters. The monoisotopic (exact) mass is 277 g/mol. The predicted octanol–water partition coefficient (Wildman–Crippen LogP) is 1.84. The fourth-order valence-electron chi connectivity index (χ4n) is 2.61. The Morgan fingerprint density at radius 2 is 2.05 bits per heavy atom. The molecular formula is C15H18ClN2O+. The number of halogens is 1. The van der Waals surface area contributed by atoms with Crippen molar-refractivity contribution < 1.29 is 9.32 Å². The number of nitrogens with zero attached hydrogens (tertiary/aromatic N) is 1. The lowest BCUT2D eigenvalue weighted by atomic mass is 10.2. The Hall–Kier alpha value is -1.45. The molecule has 1 fully saturated rings. The fraction of sp³-hybridized carbons (Fsp3) is 0.333. The summed E-state index contributed by atoms with van der Waals surface area (Å²) in [4.78, 5) is 4.02. The summed E-state index contributed by atoms with van der Waals surface area (Å²) in [6.45, 7) is 5.51. The molecule has 4 heteroatoms. The van der Waals surface area contributed by atoms with Crippen LogP contribution in [0.5, 0.6) is 0 Å². The number of hydrogen-bond donors (Lipinski definition) is 1. The van der Waals surface area contributed by atoms with E-state index in [4.69, 9.17) is 16.0 Å². The Bertz CT molecular complexity index is 519. The third kappa shape index (κ3) is 3.11.